The van der Waals surface area contributed by atoms with Gasteiger partial charge in [-0.15, -0.1) is 0 Å². The molecule has 0 amide bonds. The number of nitrogens with zero attached hydrogens (tertiary/aromatic N) is 1. The highest BCUT2D eigenvalue weighted by atomic mass is 16.5. The Balaban J connectivity index is 2.52. The highest BCUT2D eigenvalue weighted by Gasteiger charge is 2.16. The molecule has 0 radical (unpaired) electrons. The Bertz CT molecular complexity index is 337. The minimum Gasteiger partial charge on any atom is -0.375 e. The van der Waals surface area contributed by atoms with Gasteiger partial charge in [0.2, 0.25) is 0 Å². The summed E-state index contributed by atoms with van der Waals surface area (Å²) in [6.07, 6.45) is 0.748. The summed E-state index contributed by atoms with van der Waals surface area (Å²) in [4.78, 5) is 11.5. The number of aryl methyl sites for hydroxylation is 1. The molecule has 0 fully saturated rings. The van der Waals surface area contributed by atoms with E-state index < -0.39 is 0 Å². The lowest BCUT2D eigenvalue weighted by molar-refractivity contribution is 0.108. The monoisotopic (exact) mass is 168 g/mol. The van der Waals surface area contributed by atoms with Gasteiger partial charge in [0, 0.05) is 18.5 Å². The van der Waals surface area contributed by atoms with Gasteiger partial charge in [0.05, 0.1) is 18.9 Å². The molecule has 0 unspecified atom stereocenters. The van der Waals surface area contributed by atoms with E-state index in [1.165, 1.54) is 0 Å². The highest BCUT2D eigenvalue weighted by molar-refractivity contribution is 5.18. The van der Waals surface area contributed by atoms with E-state index in [1.807, 2.05) is 6.92 Å². The van der Waals surface area contributed by atoms with Gasteiger partial charge in [-0.2, -0.15) is 0 Å². The Hall–Kier alpha value is -1.03. The Morgan fingerprint density at radius 2 is 2.50 bits per heavy atom. The molecule has 1 aromatic rings. The van der Waals surface area contributed by atoms with Crippen molar-refractivity contribution in [1.82, 2.24) is 9.78 Å². The fourth-order valence-electron chi connectivity index (χ4n) is 1.52. The van der Waals surface area contributed by atoms with Crippen LogP contribution in [0.3, 0.4) is 0 Å². The lowest BCUT2D eigenvalue weighted by Crippen LogP contribution is -2.20. The molecule has 2 rings (SSSR count). The van der Waals surface area contributed by atoms with Gasteiger partial charge < -0.3 is 4.74 Å². The molecule has 0 aliphatic carbocycles. The van der Waals surface area contributed by atoms with Gasteiger partial charge in [0.25, 0.3) is 5.56 Å². The minimum atomic E-state index is 0.121. The van der Waals surface area contributed by atoms with Gasteiger partial charge in [-0.05, 0) is 6.92 Å². The van der Waals surface area contributed by atoms with E-state index >= 15 is 0 Å². The van der Waals surface area contributed by atoms with Crippen LogP contribution in [0, 0.1) is 0 Å². The lowest BCUT2D eigenvalue weighted by Gasteiger charge is -2.08. The molecule has 2 heterocycles. The van der Waals surface area contributed by atoms with Gasteiger partial charge >= 0.3 is 0 Å². The summed E-state index contributed by atoms with van der Waals surface area (Å²) < 4.78 is 6.85. The number of aromatic amines is 1. The quantitative estimate of drug-likeness (QED) is 0.654. The topological polar surface area (TPSA) is 47.0 Å². The van der Waals surface area contributed by atoms with Gasteiger partial charge in [-0.25, -0.2) is 0 Å². The second kappa shape index (κ2) is 2.79. The maximum absolute atomic E-state index is 11.5. The standard InChI is InChI=1S/C8H12N2O2/c1-2-10-8(11)6-3-4-12-5-7(6)9-10/h9H,2-5H2,1H3. The summed E-state index contributed by atoms with van der Waals surface area (Å²) in [5.74, 6) is 0. The van der Waals surface area contributed by atoms with Crippen molar-refractivity contribution in [1.29, 1.82) is 0 Å². The third kappa shape index (κ3) is 0.992. The van der Waals surface area contributed by atoms with E-state index in [0.29, 0.717) is 19.8 Å². The molecule has 1 N–H and O–H groups in total. The van der Waals surface area contributed by atoms with Crippen molar-refractivity contribution in [2.45, 2.75) is 26.5 Å². The highest BCUT2D eigenvalue weighted by Crippen LogP contribution is 2.09. The van der Waals surface area contributed by atoms with Crippen LogP contribution in [0.2, 0.25) is 0 Å². The molecule has 0 saturated heterocycles. The largest absolute Gasteiger partial charge is 0.375 e. The molecule has 1 aliphatic heterocycles. The zero-order valence-corrected chi connectivity index (χ0v) is 7.09. The van der Waals surface area contributed by atoms with Crippen molar-refractivity contribution < 1.29 is 4.74 Å². The SMILES string of the molecule is CCn1[nH]c2c(c1=O)CCOC2. The molecule has 66 valence electrons. The number of ether oxygens (including phenoxy) is 1. The first-order chi connectivity index (χ1) is 5.83. The number of aromatic nitrogens is 2. The Kier molecular flexibility index (Phi) is 1.77. The van der Waals surface area contributed by atoms with Crippen molar-refractivity contribution >= 4 is 0 Å². The Labute approximate surface area is 70.1 Å². The average molecular weight is 168 g/mol. The summed E-state index contributed by atoms with van der Waals surface area (Å²) in [5, 5.41) is 3.03. The maximum atomic E-state index is 11.5. The van der Waals surface area contributed by atoms with Gasteiger partial charge in [0.15, 0.2) is 0 Å². The van der Waals surface area contributed by atoms with E-state index in [1.54, 1.807) is 4.68 Å². The van der Waals surface area contributed by atoms with Crippen LogP contribution in [-0.2, 0) is 24.3 Å². The number of nitrogens with one attached hydrogen (secondary N) is 1. The smallest absolute Gasteiger partial charge is 0.270 e. The zero-order valence-electron chi connectivity index (χ0n) is 7.09. The second-order valence-electron chi connectivity index (χ2n) is 2.92. The number of rotatable bonds is 1. The van der Waals surface area contributed by atoms with Crippen molar-refractivity contribution in [3.63, 3.8) is 0 Å². The van der Waals surface area contributed by atoms with Crippen LogP contribution in [0.1, 0.15) is 18.2 Å². The lowest BCUT2D eigenvalue weighted by atomic mass is 10.1. The van der Waals surface area contributed by atoms with Gasteiger partial charge in [-0.3, -0.25) is 14.6 Å². The number of fused-ring (bicyclic) bond motifs is 1. The van der Waals surface area contributed by atoms with Crippen LogP contribution in [0.25, 0.3) is 0 Å². The third-order valence-electron chi connectivity index (χ3n) is 2.20. The van der Waals surface area contributed by atoms with E-state index in [-0.39, 0.29) is 5.56 Å². The summed E-state index contributed by atoms with van der Waals surface area (Å²) in [7, 11) is 0. The summed E-state index contributed by atoms with van der Waals surface area (Å²) in [5.41, 5.74) is 1.98. The first kappa shape index (κ1) is 7.61. The molecule has 0 atom stereocenters. The molecule has 0 bridgehead atoms. The van der Waals surface area contributed by atoms with Crippen LogP contribution in [0.4, 0.5) is 0 Å². The first-order valence-corrected chi connectivity index (χ1v) is 4.21. The number of hydrogen-bond acceptors (Lipinski definition) is 2. The Morgan fingerprint density at radius 1 is 1.67 bits per heavy atom. The summed E-state index contributed by atoms with van der Waals surface area (Å²) in [6.45, 7) is 3.87. The van der Waals surface area contributed by atoms with Crippen LogP contribution >= 0.6 is 0 Å². The fourth-order valence-corrected chi connectivity index (χ4v) is 1.52. The summed E-state index contributed by atoms with van der Waals surface area (Å²) >= 11 is 0. The van der Waals surface area contributed by atoms with E-state index in [2.05, 4.69) is 5.10 Å². The molecule has 0 saturated carbocycles. The fraction of sp³-hybridized carbons (Fsp3) is 0.625. The predicted octanol–water partition coefficient (Wildman–Crippen LogP) is 0.269. The molecule has 0 spiro atoms. The normalized spacial score (nSPS) is 16.1. The van der Waals surface area contributed by atoms with Gasteiger partial charge in [0.1, 0.15) is 0 Å². The molecular weight excluding hydrogens is 156 g/mol. The van der Waals surface area contributed by atoms with Crippen molar-refractivity contribution in [3.8, 4) is 0 Å². The number of hydrogen-bond donors (Lipinski definition) is 1. The van der Waals surface area contributed by atoms with Crippen molar-refractivity contribution in [3.05, 3.63) is 21.6 Å². The van der Waals surface area contributed by atoms with E-state index in [9.17, 15) is 4.79 Å². The molecule has 1 aromatic heterocycles. The van der Waals surface area contributed by atoms with Crippen molar-refractivity contribution in [2.24, 2.45) is 0 Å². The van der Waals surface area contributed by atoms with Crippen LogP contribution < -0.4 is 5.56 Å². The van der Waals surface area contributed by atoms with Crippen LogP contribution in [0.15, 0.2) is 4.79 Å². The average Bonchev–Trinajstić information content (AvgIpc) is 2.44. The Morgan fingerprint density at radius 3 is 3.17 bits per heavy atom. The molecular formula is C8H12N2O2. The predicted molar refractivity (Wildman–Crippen MR) is 44.1 cm³/mol. The third-order valence-corrected chi connectivity index (χ3v) is 2.20. The van der Waals surface area contributed by atoms with Crippen LogP contribution in [-0.4, -0.2) is 16.4 Å². The molecule has 1 aliphatic rings. The van der Waals surface area contributed by atoms with E-state index in [0.717, 1.165) is 17.7 Å². The first-order valence-electron chi connectivity index (χ1n) is 4.21. The molecule has 4 heteroatoms. The van der Waals surface area contributed by atoms with Crippen molar-refractivity contribution in [2.75, 3.05) is 6.61 Å². The molecule has 4 nitrogen and oxygen atoms in total. The molecule has 0 aromatic carbocycles. The maximum Gasteiger partial charge on any atom is 0.270 e. The zero-order chi connectivity index (χ0) is 8.55. The van der Waals surface area contributed by atoms with Crippen LogP contribution in [0.5, 0.6) is 0 Å². The second-order valence-corrected chi connectivity index (χ2v) is 2.92. The molecule has 12 heavy (non-hydrogen) atoms. The van der Waals surface area contributed by atoms with E-state index in [4.69, 9.17) is 4.74 Å². The number of H-pyrrole nitrogens is 1. The minimum absolute atomic E-state index is 0.121. The summed E-state index contributed by atoms with van der Waals surface area (Å²) in [6, 6.07) is 0. The van der Waals surface area contributed by atoms with Gasteiger partial charge in [-0.1, -0.05) is 0 Å².